The number of hydrogen-bond acceptors (Lipinski definition) is 2. The Kier molecular flexibility index (Phi) is 8.89. The van der Waals surface area contributed by atoms with Gasteiger partial charge in [0.2, 0.25) is 0 Å². The average Bonchev–Trinajstić information content (AvgIpc) is 1.98. The Hall–Kier alpha value is 0.990. The number of rotatable bonds is 6. The number of thioether (sulfide) groups is 2. The van der Waals surface area contributed by atoms with Gasteiger partial charge in [-0.15, -0.1) is 11.6 Å². The highest BCUT2D eigenvalue weighted by molar-refractivity contribution is 8.03. The van der Waals surface area contributed by atoms with Gasteiger partial charge in [-0.1, -0.05) is 13.8 Å². The Bertz CT molecular complexity index is 68.6. The van der Waals surface area contributed by atoms with E-state index >= 15 is 0 Å². The Morgan fingerprint density at radius 2 is 2.00 bits per heavy atom. The highest BCUT2D eigenvalue weighted by Crippen LogP contribution is 2.17. The molecule has 0 nitrogen and oxygen atoms in total. The smallest absolute Gasteiger partial charge is 0.0350 e. The number of halogens is 1. The summed E-state index contributed by atoms with van der Waals surface area (Å²) in [6.07, 6.45) is 0. The standard InChI is InChI=1S/C7H15ClS2/c1-3-9-6-7(5-8)10-4-2/h7H,3-6H2,1-2H3. The fraction of sp³-hybridized carbons (Fsp3) is 1.00. The molecule has 0 aliphatic rings. The Balaban J connectivity index is 3.21. The second kappa shape index (κ2) is 8.09. The van der Waals surface area contributed by atoms with Gasteiger partial charge in [0.15, 0.2) is 0 Å². The van der Waals surface area contributed by atoms with Crippen LogP contribution in [-0.4, -0.2) is 28.4 Å². The van der Waals surface area contributed by atoms with Gasteiger partial charge in [-0.05, 0) is 11.5 Å². The summed E-state index contributed by atoms with van der Waals surface area (Å²) < 4.78 is 0. The third kappa shape index (κ3) is 5.75. The zero-order chi connectivity index (χ0) is 7.82. The van der Waals surface area contributed by atoms with Crippen molar-refractivity contribution in [3.63, 3.8) is 0 Å². The van der Waals surface area contributed by atoms with Crippen LogP contribution in [0.25, 0.3) is 0 Å². The molecule has 0 spiro atoms. The maximum atomic E-state index is 5.75. The van der Waals surface area contributed by atoms with Crippen LogP contribution in [0.3, 0.4) is 0 Å². The van der Waals surface area contributed by atoms with Gasteiger partial charge in [-0.25, -0.2) is 0 Å². The lowest BCUT2D eigenvalue weighted by atomic mass is 10.6. The second-order valence-corrected chi connectivity index (χ2v) is 5.10. The SMILES string of the molecule is CCSCC(CCl)SCC. The summed E-state index contributed by atoms with van der Waals surface area (Å²) in [5, 5.41) is 0.664. The predicted molar refractivity (Wildman–Crippen MR) is 55.6 cm³/mol. The van der Waals surface area contributed by atoms with E-state index in [0.29, 0.717) is 5.25 Å². The lowest BCUT2D eigenvalue weighted by Crippen LogP contribution is -2.08. The van der Waals surface area contributed by atoms with Gasteiger partial charge in [0.05, 0.1) is 0 Å². The molecule has 0 fully saturated rings. The first-order chi connectivity index (χ1) is 4.85. The third-order valence-electron chi connectivity index (χ3n) is 1.08. The number of hydrogen-bond donors (Lipinski definition) is 0. The molecule has 0 heterocycles. The van der Waals surface area contributed by atoms with Gasteiger partial charge < -0.3 is 0 Å². The molecular weight excluding hydrogens is 184 g/mol. The maximum absolute atomic E-state index is 5.75. The minimum absolute atomic E-state index is 0.664. The third-order valence-corrected chi connectivity index (χ3v) is 4.03. The van der Waals surface area contributed by atoms with E-state index in [4.69, 9.17) is 11.6 Å². The molecule has 0 radical (unpaired) electrons. The first-order valence-corrected chi connectivity index (χ1v) is 6.34. The van der Waals surface area contributed by atoms with E-state index in [0.717, 1.165) is 5.88 Å². The normalized spacial score (nSPS) is 13.5. The van der Waals surface area contributed by atoms with Gasteiger partial charge in [-0.2, -0.15) is 23.5 Å². The number of alkyl halides is 1. The average molecular weight is 199 g/mol. The summed E-state index contributed by atoms with van der Waals surface area (Å²) in [7, 11) is 0. The predicted octanol–water partition coefficient (Wildman–Crippen LogP) is 3.10. The van der Waals surface area contributed by atoms with E-state index in [-0.39, 0.29) is 0 Å². The molecule has 3 heteroatoms. The minimum Gasteiger partial charge on any atom is -0.161 e. The molecule has 1 unspecified atom stereocenters. The molecule has 0 aromatic heterocycles. The molecule has 0 aliphatic heterocycles. The molecule has 1 atom stereocenters. The Labute approximate surface area is 77.5 Å². The molecule has 0 aromatic carbocycles. The van der Waals surface area contributed by atoms with Gasteiger partial charge in [-0.3, -0.25) is 0 Å². The van der Waals surface area contributed by atoms with Crippen LogP contribution in [0.4, 0.5) is 0 Å². The van der Waals surface area contributed by atoms with Crippen molar-refractivity contribution in [2.45, 2.75) is 19.1 Å². The first kappa shape index (κ1) is 11.0. The highest BCUT2D eigenvalue weighted by atomic mass is 35.5. The van der Waals surface area contributed by atoms with Crippen molar-refractivity contribution >= 4 is 35.1 Å². The Morgan fingerprint density at radius 3 is 2.40 bits per heavy atom. The van der Waals surface area contributed by atoms with E-state index in [1.54, 1.807) is 0 Å². The van der Waals surface area contributed by atoms with Crippen molar-refractivity contribution in [2.24, 2.45) is 0 Å². The molecule has 0 aliphatic carbocycles. The fourth-order valence-electron chi connectivity index (χ4n) is 0.622. The van der Waals surface area contributed by atoms with Crippen LogP contribution in [-0.2, 0) is 0 Å². The van der Waals surface area contributed by atoms with Gasteiger partial charge >= 0.3 is 0 Å². The lowest BCUT2D eigenvalue weighted by Gasteiger charge is -2.10. The van der Waals surface area contributed by atoms with E-state index in [1.807, 2.05) is 23.5 Å². The molecule has 0 saturated heterocycles. The van der Waals surface area contributed by atoms with Crippen molar-refractivity contribution < 1.29 is 0 Å². The zero-order valence-corrected chi connectivity index (χ0v) is 8.99. The summed E-state index contributed by atoms with van der Waals surface area (Å²) in [5.41, 5.74) is 0. The van der Waals surface area contributed by atoms with Crippen LogP contribution >= 0.6 is 35.1 Å². The van der Waals surface area contributed by atoms with Crippen LogP contribution < -0.4 is 0 Å². The van der Waals surface area contributed by atoms with Crippen LogP contribution in [0.2, 0.25) is 0 Å². The summed E-state index contributed by atoms with van der Waals surface area (Å²) >= 11 is 9.69. The summed E-state index contributed by atoms with van der Waals surface area (Å²) in [4.78, 5) is 0. The molecule has 0 N–H and O–H groups in total. The molecule has 0 rings (SSSR count). The van der Waals surface area contributed by atoms with Crippen LogP contribution in [0, 0.1) is 0 Å². The van der Waals surface area contributed by atoms with E-state index in [9.17, 15) is 0 Å². The van der Waals surface area contributed by atoms with Crippen molar-refractivity contribution in [2.75, 3.05) is 23.1 Å². The van der Waals surface area contributed by atoms with Crippen LogP contribution in [0.15, 0.2) is 0 Å². The van der Waals surface area contributed by atoms with Crippen molar-refractivity contribution in [3.05, 3.63) is 0 Å². The molecule has 62 valence electrons. The van der Waals surface area contributed by atoms with E-state index in [1.165, 1.54) is 17.3 Å². The Morgan fingerprint density at radius 1 is 1.30 bits per heavy atom. The molecule has 10 heavy (non-hydrogen) atoms. The first-order valence-electron chi connectivity index (χ1n) is 3.60. The van der Waals surface area contributed by atoms with Gasteiger partial charge in [0.1, 0.15) is 0 Å². The van der Waals surface area contributed by atoms with Crippen LogP contribution in [0.5, 0.6) is 0 Å². The minimum atomic E-state index is 0.664. The monoisotopic (exact) mass is 198 g/mol. The molecule has 0 aromatic rings. The van der Waals surface area contributed by atoms with E-state index < -0.39 is 0 Å². The van der Waals surface area contributed by atoms with Gasteiger partial charge in [0, 0.05) is 16.9 Å². The van der Waals surface area contributed by atoms with Crippen molar-refractivity contribution in [1.82, 2.24) is 0 Å². The van der Waals surface area contributed by atoms with Crippen LogP contribution in [0.1, 0.15) is 13.8 Å². The molecule has 0 amide bonds. The second-order valence-electron chi connectivity index (χ2n) is 1.89. The zero-order valence-electron chi connectivity index (χ0n) is 6.60. The van der Waals surface area contributed by atoms with Gasteiger partial charge in [0.25, 0.3) is 0 Å². The topological polar surface area (TPSA) is 0 Å². The fourth-order valence-corrected chi connectivity index (χ4v) is 2.98. The summed E-state index contributed by atoms with van der Waals surface area (Å²) in [6.45, 7) is 4.37. The van der Waals surface area contributed by atoms with E-state index in [2.05, 4.69) is 13.8 Å². The summed E-state index contributed by atoms with van der Waals surface area (Å²) in [5.74, 6) is 4.39. The lowest BCUT2D eigenvalue weighted by molar-refractivity contribution is 1.13. The maximum Gasteiger partial charge on any atom is 0.0350 e. The molecular formula is C7H15ClS2. The van der Waals surface area contributed by atoms with Crippen molar-refractivity contribution in [3.8, 4) is 0 Å². The largest absolute Gasteiger partial charge is 0.161 e. The summed E-state index contributed by atoms with van der Waals surface area (Å²) in [6, 6.07) is 0. The highest BCUT2D eigenvalue weighted by Gasteiger charge is 2.04. The van der Waals surface area contributed by atoms with Crippen molar-refractivity contribution in [1.29, 1.82) is 0 Å². The molecule has 0 saturated carbocycles. The quantitative estimate of drug-likeness (QED) is 0.602. The molecule has 0 bridgehead atoms.